The lowest BCUT2D eigenvalue weighted by Gasteiger charge is -2.20. The minimum atomic E-state index is -1.90. The summed E-state index contributed by atoms with van der Waals surface area (Å²) in [6, 6.07) is 6.78. The number of aryl methyl sites for hydroxylation is 2. The molecule has 0 aromatic heterocycles. The summed E-state index contributed by atoms with van der Waals surface area (Å²) in [4.78, 5) is 12.4. The van der Waals surface area contributed by atoms with Crippen molar-refractivity contribution in [2.75, 3.05) is 13.2 Å². The number of carbonyl (C=O) groups excluding carboxylic acids is 1. The number of hydrogen-bond acceptors (Lipinski definition) is 4. The molecular formula is C17H30O4Si2. The molecule has 130 valence electrons. The summed E-state index contributed by atoms with van der Waals surface area (Å²) in [5.74, 6) is -0.204. The number of carbonyl (C=O) groups is 1. The zero-order valence-corrected chi connectivity index (χ0v) is 17.4. The average molecular weight is 355 g/mol. The first-order valence-corrected chi connectivity index (χ1v) is 13.5. The summed E-state index contributed by atoms with van der Waals surface area (Å²) < 4.78 is 17.1. The van der Waals surface area contributed by atoms with Gasteiger partial charge in [0.05, 0.1) is 5.56 Å². The van der Waals surface area contributed by atoms with Crippen LogP contribution in [0.3, 0.4) is 0 Å². The van der Waals surface area contributed by atoms with Crippen molar-refractivity contribution in [3.05, 3.63) is 34.9 Å². The highest BCUT2D eigenvalue weighted by molar-refractivity contribution is 6.71. The fourth-order valence-corrected chi connectivity index (χ4v) is 4.71. The minimum Gasteiger partial charge on any atom is -0.516 e. The topological polar surface area (TPSA) is 44.8 Å². The van der Waals surface area contributed by atoms with Crippen LogP contribution in [0.4, 0.5) is 0 Å². The Hall–Kier alpha value is -0.956. The molecule has 0 unspecified atom stereocenters. The lowest BCUT2D eigenvalue weighted by molar-refractivity contribution is 0.0723. The van der Waals surface area contributed by atoms with Gasteiger partial charge in [-0.05, 0) is 64.5 Å². The van der Waals surface area contributed by atoms with Crippen molar-refractivity contribution >= 4 is 23.6 Å². The fraction of sp³-hybridized carbons (Fsp3) is 0.588. The summed E-state index contributed by atoms with van der Waals surface area (Å²) in [7, 11) is -3.56. The maximum Gasteiger partial charge on any atom is 0.325 e. The summed E-state index contributed by atoms with van der Waals surface area (Å²) in [6.07, 6.45) is 0.786. The monoisotopic (exact) mass is 354 g/mol. The largest absolute Gasteiger partial charge is 0.516 e. The van der Waals surface area contributed by atoms with Gasteiger partial charge in [0.2, 0.25) is 8.32 Å². The van der Waals surface area contributed by atoms with E-state index in [4.69, 9.17) is 13.3 Å². The molecule has 0 amide bonds. The second kappa shape index (κ2) is 9.37. The van der Waals surface area contributed by atoms with Gasteiger partial charge in [0.15, 0.2) is 0 Å². The molecule has 23 heavy (non-hydrogen) atoms. The molecule has 0 N–H and O–H groups in total. The predicted molar refractivity (Wildman–Crippen MR) is 98.9 cm³/mol. The molecule has 0 radical (unpaired) electrons. The number of rotatable bonds is 9. The molecule has 0 aliphatic carbocycles. The van der Waals surface area contributed by atoms with Gasteiger partial charge in [-0.25, -0.2) is 4.79 Å². The van der Waals surface area contributed by atoms with Gasteiger partial charge in [-0.1, -0.05) is 17.7 Å². The molecule has 0 spiro atoms. The van der Waals surface area contributed by atoms with Gasteiger partial charge in [0, 0.05) is 13.2 Å². The molecule has 0 saturated carbocycles. The third-order valence-electron chi connectivity index (χ3n) is 3.23. The zero-order chi connectivity index (χ0) is 17.5. The quantitative estimate of drug-likeness (QED) is 0.632. The van der Waals surface area contributed by atoms with Crippen molar-refractivity contribution in [2.45, 2.75) is 52.9 Å². The first kappa shape index (κ1) is 20.1. The van der Waals surface area contributed by atoms with Crippen molar-refractivity contribution in [2.24, 2.45) is 0 Å². The third kappa shape index (κ3) is 7.43. The summed E-state index contributed by atoms with van der Waals surface area (Å²) in [5, 5.41) is 0. The Morgan fingerprint density at radius 2 is 1.74 bits per heavy atom. The second-order valence-electron chi connectivity index (χ2n) is 6.54. The van der Waals surface area contributed by atoms with Crippen LogP contribution < -0.4 is 0 Å². The van der Waals surface area contributed by atoms with Gasteiger partial charge in [0.25, 0.3) is 0 Å². The van der Waals surface area contributed by atoms with Crippen molar-refractivity contribution < 1.29 is 18.1 Å². The Morgan fingerprint density at radius 1 is 1.13 bits per heavy atom. The molecule has 0 atom stereocenters. The van der Waals surface area contributed by atoms with Crippen LogP contribution in [0, 0.1) is 6.92 Å². The molecule has 0 heterocycles. The van der Waals surface area contributed by atoms with Gasteiger partial charge in [0.1, 0.15) is 0 Å². The van der Waals surface area contributed by atoms with E-state index in [0.29, 0.717) is 18.8 Å². The maximum absolute atomic E-state index is 12.4. The molecular weight excluding hydrogens is 324 g/mol. The summed E-state index contributed by atoms with van der Waals surface area (Å²) in [6.45, 7) is 13.4. The van der Waals surface area contributed by atoms with Crippen molar-refractivity contribution in [1.29, 1.82) is 0 Å². The van der Waals surface area contributed by atoms with E-state index in [1.807, 2.05) is 52.5 Å². The van der Waals surface area contributed by atoms with E-state index in [1.165, 1.54) is 0 Å². The number of hydrogen-bond donors (Lipinski definition) is 0. The van der Waals surface area contributed by atoms with Crippen LogP contribution in [0.25, 0.3) is 0 Å². The second-order valence-corrected chi connectivity index (χ2v) is 13.1. The minimum absolute atomic E-state index is 0.204. The van der Waals surface area contributed by atoms with Gasteiger partial charge in [-0.3, -0.25) is 0 Å². The van der Waals surface area contributed by atoms with E-state index in [0.717, 1.165) is 23.6 Å². The molecule has 0 aliphatic heterocycles. The van der Waals surface area contributed by atoms with Gasteiger partial charge in [-0.15, -0.1) is 0 Å². The Kier molecular flexibility index (Phi) is 8.18. The maximum atomic E-state index is 12.4. The van der Waals surface area contributed by atoms with E-state index in [1.54, 1.807) is 0 Å². The van der Waals surface area contributed by atoms with Crippen LogP contribution in [-0.2, 0) is 19.7 Å². The van der Waals surface area contributed by atoms with Crippen LogP contribution in [0.5, 0.6) is 0 Å². The third-order valence-corrected chi connectivity index (χ3v) is 6.20. The van der Waals surface area contributed by atoms with Crippen LogP contribution in [0.2, 0.25) is 25.7 Å². The molecule has 0 fully saturated rings. The normalized spacial score (nSPS) is 11.8. The average Bonchev–Trinajstić information content (AvgIpc) is 2.43. The highest BCUT2D eigenvalue weighted by Gasteiger charge is 2.23. The molecule has 4 nitrogen and oxygen atoms in total. The number of benzene rings is 1. The Morgan fingerprint density at radius 3 is 2.26 bits per heavy atom. The lowest BCUT2D eigenvalue weighted by atomic mass is 10.0. The standard InChI is InChI=1S/C17H30O4Si2/c1-7-19-22(20-8-2)12-11-15-13-14(3)9-10-16(15)17(18)21-23(4,5)6/h9-10,13,22H,7-8,11-12H2,1-6H3. The van der Waals surface area contributed by atoms with Crippen molar-refractivity contribution in [3.63, 3.8) is 0 Å². The molecule has 0 bridgehead atoms. The Balaban J connectivity index is 2.88. The fourth-order valence-electron chi connectivity index (χ4n) is 2.32. The molecule has 1 aromatic rings. The summed E-state index contributed by atoms with van der Waals surface area (Å²) >= 11 is 0. The van der Waals surface area contributed by atoms with Crippen LogP contribution in [-0.4, -0.2) is 36.8 Å². The van der Waals surface area contributed by atoms with E-state index in [-0.39, 0.29) is 5.97 Å². The van der Waals surface area contributed by atoms with Gasteiger partial charge in [-0.2, -0.15) is 0 Å². The first-order valence-electron chi connectivity index (χ1n) is 8.33. The highest BCUT2D eigenvalue weighted by Crippen LogP contribution is 2.18. The van der Waals surface area contributed by atoms with E-state index in [2.05, 4.69) is 6.07 Å². The summed E-state index contributed by atoms with van der Waals surface area (Å²) in [5.41, 5.74) is 2.86. The van der Waals surface area contributed by atoms with Crippen molar-refractivity contribution in [1.82, 2.24) is 0 Å². The molecule has 1 aromatic carbocycles. The van der Waals surface area contributed by atoms with Gasteiger partial charge < -0.3 is 13.3 Å². The van der Waals surface area contributed by atoms with Crippen LogP contribution in [0.1, 0.15) is 35.3 Å². The van der Waals surface area contributed by atoms with E-state index in [9.17, 15) is 4.79 Å². The molecule has 1 rings (SSSR count). The molecule has 0 aliphatic rings. The SMILES string of the molecule is CCO[SiH](CCc1cc(C)ccc1C(=O)O[Si](C)(C)C)OCC. The predicted octanol–water partition coefficient (Wildman–Crippen LogP) is 3.82. The van der Waals surface area contributed by atoms with Crippen LogP contribution >= 0.6 is 0 Å². The van der Waals surface area contributed by atoms with E-state index >= 15 is 0 Å². The Labute approximate surface area is 143 Å². The van der Waals surface area contributed by atoms with Crippen LogP contribution in [0.15, 0.2) is 18.2 Å². The zero-order valence-electron chi connectivity index (χ0n) is 15.3. The van der Waals surface area contributed by atoms with Gasteiger partial charge >= 0.3 is 15.3 Å². The lowest BCUT2D eigenvalue weighted by Crippen LogP contribution is -2.30. The molecule has 6 heteroatoms. The van der Waals surface area contributed by atoms with E-state index < -0.39 is 17.6 Å². The highest BCUT2D eigenvalue weighted by atomic mass is 28.4. The smallest absolute Gasteiger partial charge is 0.325 e. The first-order chi connectivity index (χ1) is 10.8. The van der Waals surface area contributed by atoms with Crippen molar-refractivity contribution in [3.8, 4) is 0 Å². The Bertz CT molecular complexity index is 506. The molecule has 0 saturated heterocycles.